The molecule has 1 heterocycles. The molecular weight excluding hydrogens is 698 g/mol. The fraction of sp³-hybridized carbons (Fsp3) is 0.393. The number of benzene rings is 2. The maximum Gasteiger partial charge on any atom is 0.451 e. The zero-order valence-electron chi connectivity index (χ0n) is 26.0. The van der Waals surface area contributed by atoms with Crippen LogP contribution in [-0.4, -0.2) is 68.1 Å². The molecule has 3 amide bonds. The van der Waals surface area contributed by atoms with Crippen molar-refractivity contribution >= 4 is 45.2 Å². The third kappa shape index (κ3) is 10.6. The van der Waals surface area contributed by atoms with Crippen molar-refractivity contribution in [1.82, 2.24) is 19.7 Å². The molecule has 1 unspecified atom stereocenters. The molecule has 0 saturated carbocycles. The van der Waals surface area contributed by atoms with E-state index in [1.165, 1.54) is 4.72 Å². The predicted octanol–water partition coefficient (Wildman–Crippen LogP) is 5.59. The van der Waals surface area contributed by atoms with Crippen LogP contribution in [0.2, 0.25) is 0 Å². The molecule has 0 aliphatic carbocycles. The number of ether oxygens (including phenoxy) is 2. The van der Waals surface area contributed by atoms with Crippen molar-refractivity contribution in [3.05, 3.63) is 65.0 Å². The summed E-state index contributed by atoms with van der Waals surface area (Å²) in [4.78, 5) is 33.6. The minimum absolute atomic E-state index is 0.0223. The molecule has 0 spiro atoms. The highest BCUT2D eigenvalue weighted by molar-refractivity contribution is 7.90. The fourth-order valence-electron chi connectivity index (χ4n) is 4.19. The van der Waals surface area contributed by atoms with Gasteiger partial charge in [0.2, 0.25) is 17.7 Å². The van der Waals surface area contributed by atoms with Crippen LogP contribution in [0.5, 0.6) is 6.01 Å². The maximum atomic E-state index is 13.0. The summed E-state index contributed by atoms with van der Waals surface area (Å²) < 4.78 is 112. The Morgan fingerprint density at radius 2 is 1.62 bits per heavy atom. The van der Waals surface area contributed by atoms with Crippen LogP contribution in [0, 0.1) is 6.92 Å². The van der Waals surface area contributed by atoms with Crippen molar-refractivity contribution in [3.63, 3.8) is 0 Å². The smallest absolute Gasteiger partial charge is 0.451 e. The first-order valence-corrected chi connectivity index (χ1v) is 15.6. The number of amides is 3. The number of hydrogen-bond acceptors (Lipinski definition) is 9. The molecule has 0 aliphatic rings. The predicted molar refractivity (Wildman–Crippen MR) is 162 cm³/mol. The third-order valence-electron chi connectivity index (χ3n) is 6.16. The average molecular weight is 729 g/mol. The lowest BCUT2D eigenvalue weighted by molar-refractivity contribution is -0.145. The molecule has 1 atom stereocenters. The standard InChI is InChI=1S/C15H22ClNO2.C13H9F6N5O4S/c1-5-13-8-6-7-11(2)15(13)17(14(18)9-16)12(3)10-19-4;1-28-11-21-8(13(17,18)19)20-9(23-11)22-10(25)24-29(26,27)7-5-3-2-4-6(7)12(14,15)16/h6-8,12H,5,9-10H2,1-4H3;2-5H,1H3,(H2,20,21,22,23,24,25). The molecule has 2 aromatic carbocycles. The van der Waals surface area contributed by atoms with Gasteiger partial charge in [-0.1, -0.05) is 37.3 Å². The summed E-state index contributed by atoms with van der Waals surface area (Å²) in [6.45, 7) is 6.56. The van der Waals surface area contributed by atoms with E-state index < -0.39 is 56.6 Å². The van der Waals surface area contributed by atoms with Gasteiger partial charge in [-0.2, -0.15) is 41.3 Å². The maximum absolute atomic E-state index is 13.0. The molecule has 2 N–H and O–H groups in total. The third-order valence-corrected chi connectivity index (χ3v) is 7.78. The molecular formula is C28H31ClF6N6O6S. The van der Waals surface area contributed by atoms with Gasteiger partial charge < -0.3 is 14.4 Å². The minimum atomic E-state index is -5.05. The molecule has 0 radical (unpaired) electrons. The quantitative estimate of drug-likeness (QED) is 0.201. The Kier molecular flexibility index (Phi) is 13.9. The monoisotopic (exact) mass is 728 g/mol. The first kappa shape index (κ1) is 39.9. The Balaban J connectivity index is 0.000000365. The van der Waals surface area contributed by atoms with Crippen LogP contribution >= 0.6 is 11.6 Å². The van der Waals surface area contributed by atoms with Crippen LogP contribution in [0.3, 0.4) is 0 Å². The lowest BCUT2D eigenvalue weighted by Gasteiger charge is -2.31. The van der Waals surface area contributed by atoms with Crippen LogP contribution in [0.25, 0.3) is 0 Å². The van der Waals surface area contributed by atoms with E-state index in [2.05, 4.69) is 32.7 Å². The van der Waals surface area contributed by atoms with Gasteiger partial charge in [-0.05, 0) is 43.5 Å². The van der Waals surface area contributed by atoms with E-state index in [4.69, 9.17) is 16.3 Å². The van der Waals surface area contributed by atoms with Crippen molar-refractivity contribution in [2.75, 3.05) is 36.9 Å². The van der Waals surface area contributed by atoms with E-state index in [9.17, 15) is 44.3 Å². The molecule has 0 aliphatic heterocycles. The van der Waals surface area contributed by atoms with E-state index in [1.54, 1.807) is 17.3 Å². The summed E-state index contributed by atoms with van der Waals surface area (Å²) in [7, 11) is -2.50. The van der Waals surface area contributed by atoms with E-state index in [-0.39, 0.29) is 17.8 Å². The van der Waals surface area contributed by atoms with Crippen LogP contribution in [-0.2, 0) is 38.3 Å². The lowest BCUT2D eigenvalue weighted by atomic mass is 10.0. The minimum Gasteiger partial charge on any atom is -0.467 e. The number of aromatic nitrogens is 3. The van der Waals surface area contributed by atoms with Gasteiger partial charge in [-0.15, -0.1) is 11.6 Å². The number of para-hydroxylation sites is 1. The molecule has 0 bridgehead atoms. The fourth-order valence-corrected chi connectivity index (χ4v) is 5.46. The highest BCUT2D eigenvalue weighted by atomic mass is 35.5. The Morgan fingerprint density at radius 1 is 0.979 bits per heavy atom. The average Bonchev–Trinajstić information content (AvgIpc) is 3.00. The van der Waals surface area contributed by atoms with Crippen molar-refractivity contribution in [2.24, 2.45) is 0 Å². The number of hydrogen-bond donors (Lipinski definition) is 2. The van der Waals surface area contributed by atoms with E-state index in [0.717, 1.165) is 42.5 Å². The lowest BCUT2D eigenvalue weighted by Crippen LogP contribution is -2.43. The van der Waals surface area contributed by atoms with Gasteiger partial charge in [0.05, 0.1) is 35.9 Å². The first-order chi connectivity index (χ1) is 22.3. The molecule has 48 heavy (non-hydrogen) atoms. The summed E-state index contributed by atoms with van der Waals surface area (Å²) in [6.07, 6.45) is -9.23. The normalized spacial score (nSPS) is 12.3. The topological polar surface area (TPSA) is 153 Å². The number of sulfonamides is 1. The highest BCUT2D eigenvalue weighted by Crippen LogP contribution is 2.34. The van der Waals surface area contributed by atoms with Crippen molar-refractivity contribution in [1.29, 1.82) is 0 Å². The number of nitrogens with zero attached hydrogens (tertiary/aromatic N) is 4. The van der Waals surface area contributed by atoms with Gasteiger partial charge >= 0.3 is 24.4 Å². The summed E-state index contributed by atoms with van der Waals surface area (Å²) in [5.74, 6) is -2.92. The van der Waals surface area contributed by atoms with Crippen LogP contribution in [0.15, 0.2) is 47.4 Å². The SMILES string of the molecule is CCc1cccc(C)c1N(C(=O)CCl)C(C)COC.COc1nc(NC(=O)NS(=O)(=O)c2ccccc2C(F)(F)F)nc(C(F)(F)F)n1. The largest absolute Gasteiger partial charge is 0.467 e. The Labute approximate surface area is 276 Å². The first-order valence-electron chi connectivity index (χ1n) is 13.6. The molecule has 3 rings (SSSR count). The number of aryl methyl sites for hydroxylation is 2. The second kappa shape index (κ2) is 16.7. The molecule has 20 heteroatoms. The van der Waals surface area contributed by atoms with Gasteiger partial charge in [0, 0.05) is 7.11 Å². The summed E-state index contributed by atoms with van der Waals surface area (Å²) in [5.41, 5.74) is 1.66. The second-order valence-electron chi connectivity index (χ2n) is 9.66. The number of carbonyl (C=O) groups excluding carboxylic acids is 2. The van der Waals surface area contributed by atoms with Gasteiger partial charge in [-0.3, -0.25) is 10.1 Å². The highest BCUT2D eigenvalue weighted by Gasteiger charge is 2.38. The number of nitrogens with one attached hydrogen (secondary N) is 2. The molecule has 0 fully saturated rings. The molecule has 3 aromatic rings. The summed E-state index contributed by atoms with van der Waals surface area (Å²) in [5, 5.41) is 1.56. The number of methoxy groups -OCH3 is 2. The Hall–Kier alpha value is -4.23. The number of halogens is 7. The Morgan fingerprint density at radius 3 is 2.17 bits per heavy atom. The van der Waals surface area contributed by atoms with Crippen molar-refractivity contribution in [3.8, 4) is 6.01 Å². The zero-order valence-corrected chi connectivity index (χ0v) is 27.6. The van der Waals surface area contributed by atoms with Crippen LogP contribution in [0.4, 0.5) is 42.8 Å². The number of rotatable bonds is 10. The summed E-state index contributed by atoms with van der Waals surface area (Å²) >= 11 is 5.76. The molecule has 1 aromatic heterocycles. The number of urea groups is 1. The second-order valence-corrected chi connectivity index (χ2v) is 11.6. The van der Waals surface area contributed by atoms with Crippen molar-refractivity contribution < 1.29 is 53.8 Å². The van der Waals surface area contributed by atoms with Gasteiger partial charge in [0.15, 0.2) is 0 Å². The van der Waals surface area contributed by atoms with Gasteiger partial charge in [-0.25, -0.2) is 17.9 Å². The van der Waals surface area contributed by atoms with E-state index in [0.29, 0.717) is 18.7 Å². The van der Waals surface area contributed by atoms with Gasteiger partial charge in [0.1, 0.15) is 5.88 Å². The number of carbonyl (C=O) groups is 2. The van der Waals surface area contributed by atoms with E-state index in [1.807, 2.05) is 26.0 Å². The van der Waals surface area contributed by atoms with Gasteiger partial charge in [0.25, 0.3) is 10.0 Å². The van der Waals surface area contributed by atoms with Crippen LogP contribution in [0.1, 0.15) is 36.4 Å². The number of anilines is 2. The summed E-state index contributed by atoms with van der Waals surface area (Å²) in [6, 6.07) is 6.44. The Bertz CT molecular complexity index is 1690. The van der Waals surface area contributed by atoms with Crippen molar-refractivity contribution in [2.45, 2.75) is 50.5 Å². The van der Waals surface area contributed by atoms with Crippen LogP contribution < -0.4 is 19.7 Å². The van der Waals surface area contributed by atoms with E-state index >= 15 is 0 Å². The number of alkyl halides is 7. The zero-order chi connectivity index (χ0) is 36.4. The molecule has 264 valence electrons. The molecule has 0 saturated heterocycles. The molecule has 12 nitrogen and oxygen atoms in total.